The van der Waals surface area contributed by atoms with Gasteiger partial charge < -0.3 is 15.0 Å². The smallest absolute Gasteiger partial charge is 0.181 e. The van der Waals surface area contributed by atoms with Crippen LogP contribution in [-0.4, -0.2) is 42.8 Å². The average Bonchev–Trinajstić information content (AvgIpc) is 2.74. The maximum absolute atomic E-state index is 6.14. The first-order chi connectivity index (χ1) is 8.57. The van der Waals surface area contributed by atoms with Crippen molar-refractivity contribution in [2.45, 2.75) is 39.4 Å². The molecule has 2 heterocycles. The number of rotatable bonds is 4. The van der Waals surface area contributed by atoms with Crippen LogP contribution in [0.25, 0.3) is 0 Å². The quantitative estimate of drug-likeness (QED) is 0.784. The van der Waals surface area contributed by atoms with Crippen molar-refractivity contribution in [2.75, 3.05) is 26.3 Å². The molecular weight excluding hydrogens is 228 g/mol. The minimum Gasteiger partial charge on any atom is -0.370 e. The van der Waals surface area contributed by atoms with E-state index < -0.39 is 5.79 Å². The lowest BCUT2D eigenvalue weighted by Gasteiger charge is -2.35. The van der Waals surface area contributed by atoms with Gasteiger partial charge in [-0.1, -0.05) is 13.8 Å². The normalized spacial score (nSPS) is 26.8. The van der Waals surface area contributed by atoms with Crippen LogP contribution in [-0.2, 0) is 4.74 Å². The van der Waals surface area contributed by atoms with E-state index in [9.17, 15) is 0 Å². The van der Waals surface area contributed by atoms with E-state index in [1.807, 2.05) is 6.92 Å². The molecule has 0 fully saturated rings. The topological polar surface area (TPSA) is 62.9 Å². The molecule has 0 aromatic carbocycles. The third-order valence-corrected chi connectivity index (χ3v) is 3.16. The minimum atomic E-state index is -0.721. The summed E-state index contributed by atoms with van der Waals surface area (Å²) in [6.45, 7) is 9.55. The highest BCUT2D eigenvalue weighted by molar-refractivity contribution is 6.00. The number of hydrogen-bond donors (Lipinski definition) is 2. The molecule has 0 aliphatic carbocycles. The molecule has 2 aliphatic rings. The lowest BCUT2D eigenvalue weighted by molar-refractivity contribution is 0.201. The SMILES string of the molecule is CCCN(CCC)C1=NC(C)(N)NC2=C1COC2. The van der Waals surface area contributed by atoms with E-state index in [-0.39, 0.29) is 0 Å². The summed E-state index contributed by atoms with van der Waals surface area (Å²) in [5.41, 5.74) is 8.42. The van der Waals surface area contributed by atoms with E-state index in [0.717, 1.165) is 37.5 Å². The van der Waals surface area contributed by atoms with Crippen LogP contribution in [0.5, 0.6) is 0 Å². The largest absolute Gasteiger partial charge is 0.370 e. The van der Waals surface area contributed by atoms with Gasteiger partial charge in [0.1, 0.15) is 5.84 Å². The van der Waals surface area contributed by atoms with E-state index in [0.29, 0.717) is 13.2 Å². The molecule has 3 N–H and O–H groups in total. The summed E-state index contributed by atoms with van der Waals surface area (Å²) in [6, 6.07) is 0. The molecule has 0 saturated carbocycles. The Bertz CT molecular complexity index is 367. The van der Waals surface area contributed by atoms with Crippen LogP contribution in [0.3, 0.4) is 0 Å². The van der Waals surface area contributed by atoms with Crippen LogP contribution in [0.2, 0.25) is 0 Å². The van der Waals surface area contributed by atoms with Gasteiger partial charge in [0.05, 0.1) is 13.2 Å². The van der Waals surface area contributed by atoms with Gasteiger partial charge >= 0.3 is 0 Å². The summed E-state index contributed by atoms with van der Waals surface area (Å²) in [6.07, 6.45) is 2.22. The maximum Gasteiger partial charge on any atom is 0.181 e. The predicted octanol–water partition coefficient (Wildman–Crippen LogP) is 1.03. The van der Waals surface area contributed by atoms with Gasteiger partial charge in [0, 0.05) is 24.4 Å². The van der Waals surface area contributed by atoms with Crippen LogP contribution in [0.1, 0.15) is 33.6 Å². The molecule has 5 heteroatoms. The Morgan fingerprint density at radius 3 is 2.61 bits per heavy atom. The monoisotopic (exact) mass is 252 g/mol. The fourth-order valence-electron chi connectivity index (χ4n) is 2.49. The van der Waals surface area contributed by atoms with Crippen molar-refractivity contribution < 1.29 is 4.74 Å². The molecule has 102 valence electrons. The first-order valence-electron chi connectivity index (χ1n) is 6.79. The van der Waals surface area contributed by atoms with Crippen molar-refractivity contribution in [2.24, 2.45) is 10.7 Å². The van der Waals surface area contributed by atoms with E-state index in [1.165, 1.54) is 5.57 Å². The zero-order valence-electron chi connectivity index (χ0n) is 11.6. The molecule has 2 aliphatic heterocycles. The standard InChI is InChI=1S/C13H24N4O/c1-4-6-17(7-5-2)12-10-8-18-9-11(10)15-13(3,14)16-12/h15H,4-9,14H2,1-3H3. The molecule has 0 aromatic rings. The van der Waals surface area contributed by atoms with Crippen LogP contribution in [0.4, 0.5) is 0 Å². The first-order valence-corrected chi connectivity index (χ1v) is 6.79. The van der Waals surface area contributed by atoms with Gasteiger partial charge in [-0.05, 0) is 19.8 Å². The summed E-state index contributed by atoms with van der Waals surface area (Å²) < 4.78 is 5.52. The summed E-state index contributed by atoms with van der Waals surface area (Å²) in [4.78, 5) is 7.00. The van der Waals surface area contributed by atoms with E-state index in [4.69, 9.17) is 10.5 Å². The zero-order valence-corrected chi connectivity index (χ0v) is 11.6. The number of nitrogens with one attached hydrogen (secondary N) is 1. The molecule has 18 heavy (non-hydrogen) atoms. The van der Waals surface area contributed by atoms with Crippen molar-refractivity contribution in [1.82, 2.24) is 10.2 Å². The number of nitrogens with two attached hydrogens (primary N) is 1. The van der Waals surface area contributed by atoms with Gasteiger partial charge in [-0.2, -0.15) is 0 Å². The molecule has 0 spiro atoms. The van der Waals surface area contributed by atoms with Gasteiger partial charge in [-0.3, -0.25) is 5.73 Å². The Morgan fingerprint density at radius 2 is 2.00 bits per heavy atom. The van der Waals surface area contributed by atoms with Gasteiger partial charge in [0.2, 0.25) is 0 Å². The molecule has 0 bridgehead atoms. The van der Waals surface area contributed by atoms with Crippen LogP contribution >= 0.6 is 0 Å². The fraction of sp³-hybridized carbons (Fsp3) is 0.769. The Hall–Kier alpha value is -1.07. The van der Waals surface area contributed by atoms with Crippen molar-refractivity contribution in [3.63, 3.8) is 0 Å². The van der Waals surface area contributed by atoms with Crippen molar-refractivity contribution >= 4 is 5.84 Å². The Labute approximate surface area is 109 Å². The number of amidine groups is 1. The second kappa shape index (κ2) is 5.28. The van der Waals surface area contributed by atoms with Gasteiger partial charge in [0.15, 0.2) is 5.79 Å². The number of hydrogen-bond acceptors (Lipinski definition) is 5. The molecule has 1 atom stereocenters. The summed E-state index contributed by atoms with van der Waals surface area (Å²) >= 11 is 0. The van der Waals surface area contributed by atoms with Crippen molar-refractivity contribution in [3.05, 3.63) is 11.3 Å². The van der Waals surface area contributed by atoms with Gasteiger partial charge in [-0.15, -0.1) is 0 Å². The molecule has 0 amide bonds. The zero-order chi connectivity index (χ0) is 13.2. The van der Waals surface area contributed by atoms with E-state index in [2.05, 4.69) is 29.1 Å². The minimum absolute atomic E-state index is 0.618. The average molecular weight is 252 g/mol. The van der Waals surface area contributed by atoms with E-state index >= 15 is 0 Å². The van der Waals surface area contributed by atoms with Crippen molar-refractivity contribution in [1.29, 1.82) is 0 Å². The van der Waals surface area contributed by atoms with Crippen LogP contribution in [0, 0.1) is 0 Å². The Morgan fingerprint density at radius 1 is 1.33 bits per heavy atom. The van der Waals surface area contributed by atoms with Crippen molar-refractivity contribution in [3.8, 4) is 0 Å². The highest BCUT2D eigenvalue weighted by Gasteiger charge is 2.33. The fourth-order valence-corrected chi connectivity index (χ4v) is 2.49. The van der Waals surface area contributed by atoms with E-state index in [1.54, 1.807) is 0 Å². The third kappa shape index (κ3) is 2.67. The first kappa shape index (κ1) is 13.4. The maximum atomic E-state index is 6.14. The van der Waals surface area contributed by atoms with Gasteiger partial charge in [0.25, 0.3) is 0 Å². The summed E-state index contributed by atoms with van der Waals surface area (Å²) in [5, 5.41) is 3.24. The summed E-state index contributed by atoms with van der Waals surface area (Å²) in [5.74, 6) is 0.302. The van der Waals surface area contributed by atoms with Gasteiger partial charge in [-0.25, -0.2) is 4.99 Å². The molecule has 0 aromatic heterocycles. The lowest BCUT2D eigenvalue weighted by atomic mass is 10.1. The lowest BCUT2D eigenvalue weighted by Crippen LogP contribution is -2.54. The number of ether oxygens (including phenoxy) is 1. The molecule has 2 rings (SSSR count). The second-order valence-electron chi connectivity index (χ2n) is 5.14. The second-order valence-corrected chi connectivity index (χ2v) is 5.14. The third-order valence-electron chi connectivity index (χ3n) is 3.16. The Kier molecular flexibility index (Phi) is 3.92. The molecule has 5 nitrogen and oxygen atoms in total. The highest BCUT2D eigenvalue weighted by atomic mass is 16.5. The molecule has 0 saturated heterocycles. The molecule has 1 unspecified atom stereocenters. The Balaban J connectivity index is 2.28. The number of nitrogens with zero attached hydrogens (tertiary/aromatic N) is 2. The van der Waals surface area contributed by atoms with Crippen LogP contribution < -0.4 is 11.1 Å². The summed E-state index contributed by atoms with van der Waals surface area (Å²) in [7, 11) is 0. The highest BCUT2D eigenvalue weighted by Crippen LogP contribution is 2.23. The number of aliphatic imine (C=N–C) groups is 1. The van der Waals surface area contributed by atoms with Crippen LogP contribution in [0.15, 0.2) is 16.3 Å². The molecule has 0 radical (unpaired) electrons. The molecular formula is C13H24N4O. The predicted molar refractivity (Wildman–Crippen MR) is 73.2 cm³/mol.